The smallest absolute Gasteiger partial charge is 0.329 e. The van der Waals surface area contributed by atoms with Crippen LogP contribution >= 0.6 is 0 Å². The Labute approximate surface area is 223 Å². The van der Waals surface area contributed by atoms with Crippen molar-refractivity contribution in [3.05, 3.63) is 140 Å². The number of para-hydroxylation sites is 1. The molecular weight excluding hydrogens is 459 g/mol. The molecule has 0 aliphatic carbocycles. The predicted molar refractivity (Wildman–Crippen MR) is 160 cm³/mol. The zero-order chi connectivity index (χ0) is 25.1. The summed E-state index contributed by atoms with van der Waals surface area (Å²) in [5, 5.41) is 0. The predicted octanol–water partition coefficient (Wildman–Crippen LogP) is 7.32. The third kappa shape index (κ3) is 3.12. The maximum atomic E-state index is 4.79. The molecule has 0 spiro atoms. The number of anilines is 2. The molecule has 0 atom stereocenters. The van der Waals surface area contributed by atoms with E-state index in [9.17, 15) is 0 Å². The van der Waals surface area contributed by atoms with Gasteiger partial charge in [-0.05, 0) is 51.9 Å². The minimum atomic E-state index is 0.141. The molecule has 0 amide bonds. The summed E-state index contributed by atoms with van der Waals surface area (Å²) in [6, 6.07) is 48.1. The number of benzene rings is 5. The molecule has 8 rings (SSSR count). The van der Waals surface area contributed by atoms with E-state index in [-0.39, 0.29) is 6.85 Å². The van der Waals surface area contributed by atoms with Gasteiger partial charge in [-0.1, -0.05) is 109 Å². The van der Waals surface area contributed by atoms with Gasteiger partial charge in [-0.2, -0.15) is 0 Å². The summed E-state index contributed by atoms with van der Waals surface area (Å²) < 4.78 is 0. The quantitative estimate of drug-likeness (QED) is 0.241. The molecule has 2 nitrogen and oxygen atoms in total. The first-order chi connectivity index (χ1) is 18.9. The molecule has 3 heterocycles. The van der Waals surface area contributed by atoms with Crippen LogP contribution in [0.4, 0.5) is 11.4 Å². The summed E-state index contributed by atoms with van der Waals surface area (Å²) in [4.78, 5) is 7.33. The molecule has 0 saturated heterocycles. The average Bonchev–Trinajstić information content (AvgIpc) is 3.01. The Morgan fingerprint density at radius 2 is 1.05 bits per heavy atom. The van der Waals surface area contributed by atoms with Gasteiger partial charge in [0.25, 0.3) is 0 Å². The van der Waals surface area contributed by atoms with Crippen LogP contribution in [-0.2, 0) is 0 Å². The summed E-state index contributed by atoms with van der Waals surface area (Å²) in [5.41, 5.74) is 14.8. The van der Waals surface area contributed by atoms with Gasteiger partial charge in [0.05, 0.1) is 5.69 Å². The lowest BCUT2D eigenvalue weighted by atomic mass is 9.43. The molecule has 2 aliphatic rings. The Morgan fingerprint density at radius 1 is 0.447 bits per heavy atom. The summed E-state index contributed by atoms with van der Waals surface area (Å²) in [7, 11) is 0. The number of hydrogen-bond donors (Lipinski definition) is 0. The lowest BCUT2D eigenvalue weighted by molar-refractivity contribution is 1.32. The van der Waals surface area contributed by atoms with Gasteiger partial charge in [0.2, 0.25) is 0 Å². The number of fused-ring (bicyclic) bond motifs is 11. The molecular formula is C35H23BN2. The maximum absolute atomic E-state index is 4.79. The van der Waals surface area contributed by atoms with Gasteiger partial charge in [0, 0.05) is 39.8 Å². The minimum Gasteiger partial charge on any atom is -0.376 e. The van der Waals surface area contributed by atoms with Crippen molar-refractivity contribution in [1.29, 1.82) is 0 Å². The van der Waals surface area contributed by atoms with Crippen LogP contribution in [0.5, 0.6) is 0 Å². The second-order valence-electron chi connectivity index (χ2n) is 9.99. The highest BCUT2D eigenvalue weighted by molar-refractivity contribution is 6.92. The molecule has 0 saturated carbocycles. The molecule has 1 aromatic heterocycles. The standard InChI is InChI=1S/C35H23BN2/c1-2-10-24(11-3-1)33-20-18-26(23-37-33)25-19-21-35-30(22-25)28-13-5-8-16-32(28)36-31-15-7-4-12-27(31)29-14-6-9-17-34(29)38(35)36/h1-23H. The molecule has 176 valence electrons. The van der Waals surface area contributed by atoms with Crippen LogP contribution < -0.4 is 15.7 Å². The Morgan fingerprint density at radius 3 is 1.79 bits per heavy atom. The van der Waals surface area contributed by atoms with Crippen LogP contribution in [0.3, 0.4) is 0 Å². The van der Waals surface area contributed by atoms with Crippen LogP contribution in [0, 0.1) is 0 Å². The fourth-order valence-electron chi connectivity index (χ4n) is 6.21. The molecule has 0 radical (unpaired) electrons. The summed E-state index contributed by atoms with van der Waals surface area (Å²) in [6.45, 7) is 0.141. The van der Waals surface area contributed by atoms with Crippen molar-refractivity contribution in [3.63, 3.8) is 0 Å². The van der Waals surface area contributed by atoms with E-state index in [2.05, 4.69) is 132 Å². The Kier molecular flexibility index (Phi) is 4.65. The molecule has 38 heavy (non-hydrogen) atoms. The van der Waals surface area contributed by atoms with Crippen molar-refractivity contribution in [3.8, 4) is 44.6 Å². The van der Waals surface area contributed by atoms with Crippen molar-refractivity contribution in [1.82, 2.24) is 4.98 Å². The molecule has 6 aromatic rings. The third-order valence-electron chi connectivity index (χ3n) is 7.94. The van der Waals surface area contributed by atoms with E-state index < -0.39 is 0 Å². The zero-order valence-corrected chi connectivity index (χ0v) is 20.8. The molecule has 0 N–H and O–H groups in total. The third-order valence-corrected chi connectivity index (χ3v) is 7.94. The number of rotatable bonds is 2. The van der Waals surface area contributed by atoms with Crippen molar-refractivity contribution < 1.29 is 0 Å². The lowest BCUT2D eigenvalue weighted by Gasteiger charge is -2.43. The normalized spacial score (nSPS) is 12.6. The monoisotopic (exact) mass is 482 g/mol. The average molecular weight is 482 g/mol. The largest absolute Gasteiger partial charge is 0.376 e. The van der Waals surface area contributed by atoms with Crippen LogP contribution in [-0.4, -0.2) is 11.8 Å². The van der Waals surface area contributed by atoms with Crippen molar-refractivity contribution >= 4 is 29.1 Å². The summed E-state index contributed by atoms with van der Waals surface area (Å²) in [5.74, 6) is 0. The highest BCUT2D eigenvalue weighted by atomic mass is 15.1. The highest BCUT2D eigenvalue weighted by Gasteiger charge is 2.41. The molecule has 2 aliphatic heterocycles. The Balaban J connectivity index is 1.30. The summed E-state index contributed by atoms with van der Waals surface area (Å²) >= 11 is 0. The van der Waals surface area contributed by atoms with E-state index >= 15 is 0 Å². The van der Waals surface area contributed by atoms with E-state index in [4.69, 9.17) is 4.98 Å². The van der Waals surface area contributed by atoms with Crippen LogP contribution in [0.15, 0.2) is 140 Å². The number of nitrogens with zero attached hydrogens (tertiary/aromatic N) is 2. The van der Waals surface area contributed by atoms with Crippen LogP contribution in [0.25, 0.3) is 44.6 Å². The maximum Gasteiger partial charge on any atom is 0.329 e. The van der Waals surface area contributed by atoms with Gasteiger partial charge in [-0.3, -0.25) is 4.98 Å². The molecule has 0 bridgehead atoms. The van der Waals surface area contributed by atoms with Gasteiger partial charge in [0.1, 0.15) is 0 Å². The highest BCUT2D eigenvalue weighted by Crippen LogP contribution is 2.46. The van der Waals surface area contributed by atoms with E-state index in [1.54, 1.807) is 0 Å². The van der Waals surface area contributed by atoms with Gasteiger partial charge < -0.3 is 4.81 Å². The number of hydrogen-bond acceptors (Lipinski definition) is 2. The van der Waals surface area contributed by atoms with Gasteiger partial charge >= 0.3 is 6.85 Å². The van der Waals surface area contributed by atoms with Crippen molar-refractivity contribution in [2.75, 3.05) is 4.81 Å². The van der Waals surface area contributed by atoms with Crippen molar-refractivity contribution in [2.24, 2.45) is 0 Å². The second kappa shape index (κ2) is 8.32. The van der Waals surface area contributed by atoms with Gasteiger partial charge in [0.15, 0.2) is 0 Å². The lowest BCUT2D eigenvalue weighted by Crippen LogP contribution is -2.59. The van der Waals surface area contributed by atoms with E-state index in [1.807, 2.05) is 12.3 Å². The van der Waals surface area contributed by atoms with Crippen molar-refractivity contribution in [2.45, 2.75) is 0 Å². The number of pyridine rings is 1. The van der Waals surface area contributed by atoms with E-state index in [0.717, 1.165) is 16.8 Å². The van der Waals surface area contributed by atoms with E-state index in [1.165, 1.54) is 50.1 Å². The first-order valence-corrected chi connectivity index (χ1v) is 13.1. The Hall–Kier alpha value is -4.89. The fourth-order valence-corrected chi connectivity index (χ4v) is 6.21. The summed E-state index contributed by atoms with van der Waals surface area (Å²) in [6.07, 6.45) is 1.99. The first kappa shape index (κ1) is 21.2. The molecule has 0 fully saturated rings. The number of aromatic nitrogens is 1. The van der Waals surface area contributed by atoms with E-state index in [0.29, 0.717) is 0 Å². The Bertz CT molecular complexity index is 1830. The molecule has 3 heteroatoms. The SMILES string of the molecule is c1ccc(-c2ccc(-c3ccc4c(c3)-c3ccccc3B3c5ccccc5-c5ccccc5N34)cn2)cc1. The van der Waals surface area contributed by atoms with Crippen LogP contribution in [0.2, 0.25) is 0 Å². The second-order valence-corrected chi connectivity index (χ2v) is 9.99. The zero-order valence-electron chi connectivity index (χ0n) is 20.8. The molecule has 5 aromatic carbocycles. The fraction of sp³-hybridized carbons (Fsp3) is 0. The van der Waals surface area contributed by atoms with Gasteiger partial charge in [-0.15, -0.1) is 0 Å². The topological polar surface area (TPSA) is 16.1 Å². The molecule has 0 unspecified atom stereocenters. The first-order valence-electron chi connectivity index (χ1n) is 13.1. The van der Waals surface area contributed by atoms with Gasteiger partial charge in [-0.25, -0.2) is 0 Å². The van der Waals surface area contributed by atoms with Crippen LogP contribution in [0.1, 0.15) is 0 Å². The minimum absolute atomic E-state index is 0.141.